The Bertz CT molecular complexity index is 466. The summed E-state index contributed by atoms with van der Waals surface area (Å²) >= 11 is 0. The highest BCUT2D eigenvalue weighted by Gasteiger charge is 2.15. The summed E-state index contributed by atoms with van der Waals surface area (Å²) in [7, 11) is -1.59. The van der Waals surface area contributed by atoms with Crippen LogP contribution in [0.3, 0.4) is 0 Å². The Labute approximate surface area is 115 Å². The molecule has 7 heteroatoms. The van der Waals surface area contributed by atoms with Crippen LogP contribution in [0.25, 0.3) is 0 Å². The zero-order valence-corrected chi connectivity index (χ0v) is 12.7. The maximum absolute atomic E-state index is 12.0. The average molecular weight is 288 g/mol. The Morgan fingerprint density at radius 2 is 2.00 bits per heavy atom. The van der Waals surface area contributed by atoms with Gasteiger partial charge < -0.3 is 15.2 Å². The second kappa shape index (κ2) is 7.64. The number of aromatic nitrogens is 1. The molecular formula is C12H24N4O2S. The van der Waals surface area contributed by atoms with Crippen LogP contribution in [0, 0.1) is 0 Å². The van der Waals surface area contributed by atoms with E-state index in [0.29, 0.717) is 13.1 Å². The summed E-state index contributed by atoms with van der Waals surface area (Å²) in [6.07, 6.45) is 1.52. The number of nitrogens with zero attached hydrogens (tertiary/aromatic N) is 1. The summed E-state index contributed by atoms with van der Waals surface area (Å²) in [5, 5.41) is 2.97. The fourth-order valence-electron chi connectivity index (χ4n) is 1.83. The molecule has 3 N–H and O–H groups in total. The Hall–Kier alpha value is -0.890. The van der Waals surface area contributed by atoms with Gasteiger partial charge in [0.1, 0.15) is 0 Å². The molecule has 0 aromatic carbocycles. The third-order valence-corrected chi connectivity index (χ3v) is 4.45. The summed E-state index contributed by atoms with van der Waals surface area (Å²) in [5.74, 6) is 0. The lowest BCUT2D eigenvalue weighted by Gasteiger charge is -2.17. The summed E-state index contributed by atoms with van der Waals surface area (Å²) in [5.41, 5.74) is 0.853. The average Bonchev–Trinajstić information content (AvgIpc) is 2.84. The fourth-order valence-corrected chi connectivity index (χ4v) is 2.87. The van der Waals surface area contributed by atoms with Crippen molar-refractivity contribution >= 4 is 10.0 Å². The minimum absolute atomic E-state index is 0.289. The van der Waals surface area contributed by atoms with Crippen molar-refractivity contribution in [1.82, 2.24) is 19.9 Å². The molecule has 0 fully saturated rings. The molecule has 6 nitrogen and oxygen atoms in total. The smallest absolute Gasteiger partial charge is 0.242 e. The lowest BCUT2D eigenvalue weighted by atomic mass is 10.4. The largest absolute Gasteiger partial charge is 0.363 e. The molecular weight excluding hydrogens is 264 g/mol. The molecule has 1 aromatic rings. The van der Waals surface area contributed by atoms with Crippen molar-refractivity contribution in [2.45, 2.75) is 25.3 Å². The maximum Gasteiger partial charge on any atom is 0.242 e. The molecule has 0 atom stereocenters. The van der Waals surface area contributed by atoms with Gasteiger partial charge >= 0.3 is 0 Å². The van der Waals surface area contributed by atoms with Crippen molar-refractivity contribution in [1.29, 1.82) is 0 Å². The molecule has 1 rings (SSSR count). The predicted octanol–water partition coefficient (Wildman–Crippen LogP) is 0.354. The second-order valence-electron chi connectivity index (χ2n) is 4.32. The zero-order chi connectivity index (χ0) is 14.3. The van der Waals surface area contributed by atoms with E-state index >= 15 is 0 Å². The Kier molecular flexibility index (Phi) is 6.50. The zero-order valence-electron chi connectivity index (χ0n) is 11.9. The van der Waals surface area contributed by atoms with Gasteiger partial charge in [-0.2, -0.15) is 0 Å². The lowest BCUT2D eigenvalue weighted by Crippen LogP contribution is -2.34. The molecule has 0 spiro atoms. The van der Waals surface area contributed by atoms with Gasteiger partial charge in [0.2, 0.25) is 10.0 Å². The molecule has 19 heavy (non-hydrogen) atoms. The van der Waals surface area contributed by atoms with Crippen LogP contribution in [0.2, 0.25) is 0 Å². The molecule has 0 radical (unpaired) electrons. The number of hydrogen-bond acceptors (Lipinski definition) is 4. The van der Waals surface area contributed by atoms with Crippen molar-refractivity contribution in [2.24, 2.45) is 0 Å². The van der Waals surface area contributed by atoms with Gasteiger partial charge in [0.15, 0.2) is 0 Å². The number of rotatable bonds is 9. The monoisotopic (exact) mass is 288 g/mol. The molecule has 0 aliphatic heterocycles. The van der Waals surface area contributed by atoms with E-state index in [1.54, 1.807) is 6.07 Å². The molecule has 1 aromatic heterocycles. The number of hydrogen-bond donors (Lipinski definition) is 3. The Balaban J connectivity index is 2.55. The van der Waals surface area contributed by atoms with E-state index in [4.69, 9.17) is 0 Å². The van der Waals surface area contributed by atoms with Crippen molar-refractivity contribution in [3.63, 3.8) is 0 Å². The van der Waals surface area contributed by atoms with Gasteiger partial charge in [0, 0.05) is 31.5 Å². The number of aromatic amines is 1. The predicted molar refractivity (Wildman–Crippen MR) is 76.5 cm³/mol. The molecule has 1 heterocycles. The number of nitrogens with one attached hydrogen (secondary N) is 3. The van der Waals surface area contributed by atoms with E-state index < -0.39 is 10.0 Å². The van der Waals surface area contributed by atoms with E-state index in [2.05, 4.69) is 33.8 Å². The van der Waals surface area contributed by atoms with Crippen LogP contribution < -0.4 is 10.0 Å². The van der Waals surface area contributed by atoms with Crippen molar-refractivity contribution < 1.29 is 8.42 Å². The van der Waals surface area contributed by atoms with Crippen molar-refractivity contribution in [2.75, 3.05) is 33.2 Å². The first-order chi connectivity index (χ1) is 9.03. The molecule has 0 aliphatic rings. The standard InChI is InChI=1S/C12H24N4O2S/c1-4-16(5-2)7-6-15-19(17,18)12-8-11(9-13-3)14-10-12/h8,10,13-15H,4-7,9H2,1-3H3. The third kappa shape index (κ3) is 4.94. The maximum atomic E-state index is 12.0. The number of H-pyrrole nitrogens is 1. The van der Waals surface area contributed by atoms with Gasteiger partial charge in [0.25, 0.3) is 0 Å². The van der Waals surface area contributed by atoms with Gasteiger partial charge in [-0.15, -0.1) is 0 Å². The minimum Gasteiger partial charge on any atom is -0.363 e. The highest BCUT2D eigenvalue weighted by molar-refractivity contribution is 7.89. The summed E-state index contributed by atoms with van der Waals surface area (Å²) in [4.78, 5) is 5.40. The molecule has 0 bridgehead atoms. The van der Waals surface area contributed by atoms with Crippen LogP contribution in [-0.2, 0) is 16.6 Å². The van der Waals surface area contributed by atoms with E-state index in [1.165, 1.54) is 6.20 Å². The molecule has 0 saturated carbocycles. The molecule has 0 amide bonds. The van der Waals surface area contributed by atoms with Gasteiger partial charge in [-0.25, -0.2) is 13.1 Å². The number of likely N-dealkylation sites (N-methyl/N-ethyl adjacent to an activating group) is 1. The highest BCUT2D eigenvalue weighted by atomic mass is 32.2. The summed E-state index contributed by atoms with van der Waals surface area (Å²) in [6.45, 7) is 7.75. The van der Waals surface area contributed by atoms with E-state index in [0.717, 1.165) is 25.3 Å². The Morgan fingerprint density at radius 3 is 2.58 bits per heavy atom. The summed E-state index contributed by atoms with van der Waals surface area (Å²) in [6, 6.07) is 1.65. The van der Waals surface area contributed by atoms with E-state index in [9.17, 15) is 8.42 Å². The highest BCUT2D eigenvalue weighted by Crippen LogP contribution is 2.10. The number of sulfonamides is 1. The summed E-state index contributed by atoms with van der Waals surface area (Å²) < 4.78 is 26.7. The SMILES string of the molecule is CCN(CC)CCNS(=O)(=O)c1c[nH]c(CNC)c1. The third-order valence-electron chi connectivity index (χ3n) is 3.01. The van der Waals surface area contributed by atoms with E-state index in [1.807, 2.05) is 7.05 Å². The quantitative estimate of drug-likeness (QED) is 0.613. The normalized spacial score (nSPS) is 12.2. The van der Waals surface area contributed by atoms with Gasteiger partial charge in [-0.05, 0) is 26.2 Å². The molecule has 110 valence electrons. The van der Waals surface area contributed by atoms with Crippen LogP contribution in [0.1, 0.15) is 19.5 Å². The van der Waals surface area contributed by atoms with Crippen LogP contribution in [0.5, 0.6) is 0 Å². The van der Waals surface area contributed by atoms with Crippen LogP contribution in [0.4, 0.5) is 0 Å². The second-order valence-corrected chi connectivity index (χ2v) is 6.08. The van der Waals surface area contributed by atoms with Gasteiger partial charge in [-0.1, -0.05) is 13.8 Å². The first-order valence-electron chi connectivity index (χ1n) is 6.57. The minimum atomic E-state index is -3.41. The lowest BCUT2D eigenvalue weighted by molar-refractivity contribution is 0.309. The fraction of sp³-hybridized carbons (Fsp3) is 0.667. The van der Waals surface area contributed by atoms with Crippen molar-refractivity contribution in [3.05, 3.63) is 18.0 Å². The van der Waals surface area contributed by atoms with Crippen molar-refractivity contribution in [3.8, 4) is 0 Å². The topological polar surface area (TPSA) is 77.2 Å². The Morgan fingerprint density at radius 1 is 1.32 bits per heavy atom. The van der Waals surface area contributed by atoms with Crippen LogP contribution in [0.15, 0.2) is 17.2 Å². The molecule has 0 saturated heterocycles. The first kappa shape index (κ1) is 16.2. The van der Waals surface area contributed by atoms with Crippen LogP contribution in [-0.4, -0.2) is 51.5 Å². The van der Waals surface area contributed by atoms with E-state index in [-0.39, 0.29) is 4.90 Å². The molecule has 0 unspecified atom stereocenters. The van der Waals surface area contributed by atoms with Gasteiger partial charge in [-0.3, -0.25) is 0 Å². The molecule has 0 aliphatic carbocycles. The van der Waals surface area contributed by atoms with Gasteiger partial charge in [0.05, 0.1) is 4.90 Å². The first-order valence-corrected chi connectivity index (χ1v) is 8.05. The van der Waals surface area contributed by atoms with Crippen LogP contribution >= 0.6 is 0 Å².